The van der Waals surface area contributed by atoms with Crippen molar-refractivity contribution >= 4 is 28.3 Å². The number of fused-ring (bicyclic) bond motifs is 1. The van der Waals surface area contributed by atoms with Crippen LogP contribution in [0.3, 0.4) is 0 Å². The van der Waals surface area contributed by atoms with E-state index in [9.17, 15) is 9.59 Å². The van der Waals surface area contributed by atoms with Crippen LogP contribution in [0.25, 0.3) is 22.0 Å². The lowest BCUT2D eigenvalue weighted by atomic mass is 9.91. The Morgan fingerprint density at radius 1 is 1.10 bits per heavy atom. The van der Waals surface area contributed by atoms with E-state index in [1.165, 1.54) is 6.92 Å². The zero-order valence-electron chi connectivity index (χ0n) is 17.3. The number of Topliss-reactive ketones (excluding diaryl/α,β-unsaturated/α-hetero) is 1. The first-order chi connectivity index (χ1) is 14.5. The van der Waals surface area contributed by atoms with Gasteiger partial charge in [0.25, 0.3) is 0 Å². The topological polar surface area (TPSA) is 88.1 Å². The number of nitrogens with one attached hydrogen (secondary N) is 1. The van der Waals surface area contributed by atoms with Gasteiger partial charge in [-0.05, 0) is 50.7 Å². The van der Waals surface area contributed by atoms with Crippen LogP contribution in [-0.2, 0) is 16.0 Å². The second-order valence-electron chi connectivity index (χ2n) is 7.92. The van der Waals surface area contributed by atoms with Crippen molar-refractivity contribution in [3.05, 3.63) is 48.7 Å². The Hall–Kier alpha value is -3.19. The van der Waals surface area contributed by atoms with Crippen molar-refractivity contribution in [3.8, 4) is 11.1 Å². The van der Waals surface area contributed by atoms with Crippen molar-refractivity contribution in [2.45, 2.75) is 26.2 Å². The van der Waals surface area contributed by atoms with Gasteiger partial charge >= 0.3 is 0 Å². The molecule has 0 bridgehead atoms. The van der Waals surface area contributed by atoms with E-state index in [1.807, 2.05) is 24.3 Å². The fraction of sp³-hybridized carbons (Fsp3) is 0.348. The number of nitrogens with zero attached hydrogens (tertiary/aromatic N) is 4. The van der Waals surface area contributed by atoms with E-state index in [0.717, 1.165) is 48.0 Å². The molecule has 1 amide bonds. The summed E-state index contributed by atoms with van der Waals surface area (Å²) in [5, 5.41) is 3.67. The maximum absolute atomic E-state index is 12.7. The number of pyridine rings is 1. The third-order valence-corrected chi connectivity index (χ3v) is 5.53. The van der Waals surface area contributed by atoms with Crippen LogP contribution in [-0.4, -0.2) is 51.7 Å². The molecule has 0 atom stereocenters. The van der Waals surface area contributed by atoms with Crippen LogP contribution in [0.4, 0.5) is 5.69 Å². The lowest BCUT2D eigenvalue weighted by Gasteiger charge is -2.27. The van der Waals surface area contributed by atoms with E-state index in [2.05, 4.69) is 32.2 Å². The number of likely N-dealkylation sites (tertiary alicyclic amines) is 1. The van der Waals surface area contributed by atoms with Crippen molar-refractivity contribution in [1.82, 2.24) is 19.9 Å². The van der Waals surface area contributed by atoms with E-state index in [0.29, 0.717) is 11.5 Å². The SMILES string of the molecule is CC(=O)Nc1cncc(-c2ccc3cnc(CC(=O)C4CCN(C)CC4)nc3c2)c1. The molecule has 154 valence electrons. The molecule has 7 nitrogen and oxygen atoms in total. The molecule has 1 saturated heterocycles. The number of carbonyl (C=O) groups excluding carboxylic acids is 2. The Morgan fingerprint density at radius 3 is 2.67 bits per heavy atom. The number of hydrogen-bond donors (Lipinski definition) is 1. The minimum absolute atomic E-state index is 0.106. The second kappa shape index (κ2) is 8.67. The molecule has 1 aromatic carbocycles. The van der Waals surface area contributed by atoms with Crippen LogP contribution in [0.1, 0.15) is 25.6 Å². The fourth-order valence-electron chi connectivity index (χ4n) is 3.83. The molecule has 7 heteroatoms. The molecular weight excluding hydrogens is 378 g/mol. The van der Waals surface area contributed by atoms with Crippen LogP contribution in [0.15, 0.2) is 42.9 Å². The molecule has 1 aliphatic rings. The van der Waals surface area contributed by atoms with Crippen molar-refractivity contribution in [2.75, 3.05) is 25.5 Å². The Kier molecular flexibility index (Phi) is 5.81. The Balaban J connectivity index is 1.55. The smallest absolute Gasteiger partial charge is 0.221 e. The summed E-state index contributed by atoms with van der Waals surface area (Å²) in [6.07, 6.45) is 7.22. The number of carbonyl (C=O) groups is 2. The summed E-state index contributed by atoms with van der Waals surface area (Å²) in [7, 11) is 2.09. The number of anilines is 1. The monoisotopic (exact) mass is 403 g/mol. The van der Waals surface area contributed by atoms with Gasteiger partial charge in [-0.2, -0.15) is 0 Å². The molecule has 0 radical (unpaired) electrons. The number of ketones is 1. The first-order valence-electron chi connectivity index (χ1n) is 10.2. The molecule has 1 aliphatic heterocycles. The summed E-state index contributed by atoms with van der Waals surface area (Å²) in [6, 6.07) is 7.78. The van der Waals surface area contributed by atoms with Crippen molar-refractivity contribution in [1.29, 1.82) is 0 Å². The largest absolute Gasteiger partial charge is 0.325 e. The van der Waals surface area contributed by atoms with E-state index in [1.54, 1.807) is 18.6 Å². The first kappa shape index (κ1) is 20.1. The highest BCUT2D eigenvalue weighted by Gasteiger charge is 2.24. The molecule has 3 aromatic rings. The summed E-state index contributed by atoms with van der Waals surface area (Å²) in [6.45, 7) is 3.39. The van der Waals surface area contributed by atoms with Gasteiger partial charge in [-0.15, -0.1) is 0 Å². The molecule has 0 aliphatic carbocycles. The lowest BCUT2D eigenvalue weighted by Crippen LogP contribution is -2.34. The van der Waals surface area contributed by atoms with Crippen LogP contribution in [0.5, 0.6) is 0 Å². The van der Waals surface area contributed by atoms with E-state index in [4.69, 9.17) is 0 Å². The third-order valence-electron chi connectivity index (χ3n) is 5.53. The zero-order valence-corrected chi connectivity index (χ0v) is 17.3. The highest BCUT2D eigenvalue weighted by Crippen LogP contribution is 2.25. The molecule has 3 heterocycles. The summed E-state index contributed by atoms with van der Waals surface area (Å²) >= 11 is 0. The quantitative estimate of drug-likeness (QED) is 0.704. The van der Waals surface area contributed by atoms with Gasteiger partial charge in [0.2, 0.25) is 5.91 Å². The van der Waals surface area contributed by atoms with Gasteiger partial charge in [0.15, 0.2) is 0 Å². The first-order valence-corrected chi connectivity index (χ1v) is 10.2. The van der Waals surface area contributed by atoms with Gasteiger partial charge in [-0.25, -0.2) is 9.97 Å². The molecule has 2 aromatic heterocycles. The van der Waals surface area contributed by atoms with Crippen molar-refractivity contribution < 1.29 is 9.59 Å². The predicted molar refractivity (Wildman–Crippen MR) is 116 cm³/mol. The normalized spacial score (nSPS) is 15.3. The Morgan fingerprint density at radius 2 is 1.90 bits per heavy atom. The van der Waals surface area contributed by atoms with E-state index < -0.39 is 0 Å². The molecule has 0 spiro atoms. The number of piperidine rings is 1. The molecule has 1 N–H and O–H groups in total. The number of benzene rings is 1. The van der Waals surface area contributed by atoms with Crippen molar-refractivity contribution in [2.24, 2.45) is 5.92 Å². The number of amides is 1. The van der Waals surface area contributed by atoms with Gasteiger partial charge in [0.1, 0.15) is 11.6 Å². The summed E-state index contributed by atoms with van der Waals surface area (Å²) in [4.78, 5) is 39.5. The molecule has 0 unspecified atom stereocenters. The van der Waals surface area contributed by atoms with E-state index in [-0.39, 0.29) is 24.0 Å². The number of rotatable bonds is 5. The lowest BCUT2D eigenvalue weighted by molar-refractivity contribution is -0.123. The van der Waals surface area contributed by atoms with Gasteiger partial charge in [0, 0.05) is 36.2 Å². The molecule has 30 heavy (non-hydrogen) atoms. The van der Waals surface area contributed by atoms with Gasteiger partial charge < -0.3 is 10.2 Å². The number of hydrogen-bond acceptors (Lipinski definition) is 6. The van der Waals surface area contributed by atoms with Gasteiger partial charge in [0.05, 0.1) is 23.8 Å². The highest BCUT2D eigenvalue weighted by molar-refractivity contribution is 5.90. The van der Waals surface area contributed by atoms with Gasteiger partial charge in [-0.3, -0.25) is 14.6 Å². The molecule has 4 rings (SSSR count). The molecular formula is C23H25N5O2. The van der Waals surface area contributed by atoms with Crippen LogP contribution in [0, 0.1) is 5.92 Å². The second-order valence-corrected chi connectivity index (χ2v) is 7.92. The molecule has 1 fully saturated rings. The third kappa shape index (κ3) is 4.68. The van der Waals surface area contributed by atoms with E-state index >= 15 is 0 Å². The van der Waals surface area contributed by atoms with Crippen LogP contribution >= 0.6 is 0 Å². The highest BCUT2D eigenvalue weighted by atomic mass is 16.1. The fourth-order valence-corrected chi connectivity index (χ4v) is 3.83. The standard InChI is InChI=1S/C23H25N5O2/c1-15(29)26-20-9-19(12-24-14-20)17-3-4-18-13-25-23(27-21(18)10-17)11-22(30)16-5-7-28(2)8-6-16/h3-4,9-10,12-14,16H,5-8,11H2,1-2H3,(H,26,29). The predicted octanol–water partition coefficient (Wildman–Crippen LogP) is 3.10. The number of aromatic nitrogens is 3. The Labute approximate surface area is 175 Å². The van der Waals surface area contributed by atoms with Crippen LogP contribution in [0.2, 0.25) is 0 Å². The maximum Gasteiger partial charge on any atom is 0.221 e. The zero-order chi connectivity index (χ0) is 21.1. The average molecular weight is 403 g/mol. The summed E-state index contributed by atoms with van der Waals surface area (Å²) in [5.74, 6) is 0.757. The summed E-state index contributed by atoms with van der Waals surface area (Å²) < 4.78 is 0. The minimum Gasteiger partial charge on any atom is -0.325 e. The maximum atomic E-state index is 12.7. The van der Waals surface area contributed by atoms with Crippen LogP contribution < -0.4 is 5.32 Å². The Bertz CT molecular complexity index is 1090. The summed E-state index contributed by atoms with van der Waals surface area (Å²) in [5.41, 5.74) is 3.25. The molecule has 0 saturated carbocycles. The van der Waals surface area contributed by atoms with Crippen molar-refractivity contribution in [3.63, 3.8) is 0 Å². The minimum atomic E-state index is -0.140. The average Bonchev–Trinajstić information content (AvgIpc) is 2.73. The van der Waals surface area contributed by atoms with Gasteiger partial charge in [-0.1, -0.05) is 12.1 Å².